The molecule has 0 aliphatic carbocycles. The lowest BCUT2D eigenvalue weighted by molar-refractivity contribution is -0.119. The van der Waals surface area contributed by atoms with Crippen LogP contribution in [-0.2, 0) is 4.79 Å². The Morgan fingerprint density at radius 2 is 1.79 bits per heavy atom. The lowest BCUT2D eigenvalue weighted by atomic mass is 9.86. The highest BCUT2D eigenvalue weighted by Crippen LogP contribution is 2.23. The highest BCUT2D eigenvalue weighted by atomic mass is 16.4. The van der Waals surface area contributed by atoms with Crippen LogP contribution in [0.2, 0.25) is 0 Å². The Morgan fingerprint density at radius 3 is 2.26 bits per heavy atom. The van der Waals surface area contributed by atoms with E-state index < -0.39 is 0 Å². The van der Waals surface area contributed by atoms with E-state index in [1.165, 1.54) is 0 Å². The molecule has 0 aromatic rings. The molecule has 6 heteroatoms. The molecule has 1 amide bonds. The van der Waals surface area contributed by atoms with Gasteiger partial charge in [-0.25, -0.2) is 0 Å². The van der Waals surface area contributed by atoms with E-state index in [0.717, 1.165) is 25.8 Å². The van der Waals surface area contributed by atoms with Crippen molar-refractivity contribution in [3.8, 4) is 0 Å². The maximum atomic E-state index is 10.9. The molecule has 6 N–H and O–H groups in total. The van der Waals surface area contributed by atoms with Crippen LogP contribution in [-0.4, -0.2) is 29.0 Å². The third-order valence-corrected chi connectivity index (χ3v) is 3.25. The summed E-state index contributed by atoms with van der Waals surface area (Å²) in [5.41, 5.74) is 10.2. The van der Waals surface area contributed by atoms with Crippen molar-refractivity contribution in [2.24, 2.45) is 22.0 Å². The first-order chi connectivity index (χ1) is 8.60. The first kappa shape index (κ1) is 17.7. The predicted octanol–water partition coefficient (Wildman–Crippen LogP) is 1.17. The van der Waals surface area contributed by atoms with Gasteiger partial charge < -0.3 is 22.0 Å². The molecule has 0 aliphatic rings. The van der Waals surface area contributed by atoms with Crippen molar-refractivity contribution >= 4 is 11.7 Å². The number of carbonyl (C=O) groups excluding carboxylic acids is 1. The number of hydrogen-bond acceptors (Lipinski definition) is 4. The van der Waals surface area contributed by atoms with Gasteiger partial charge >= 0.3 is 0 Å². The average molecular weight is 272 g/mol. The van der Waals surface area contributed by atoms with Crippen LogP contribution in [0.1, 0.15) is 53.4 Å². The summed E-state index contributed by atoms with van der Waals surface area (Å²) in [6, 6.07) is 0. The van der Waals surface area contributed by atoms with Crippen molar-refractivity contribution < 1.29 is 10.0 Å². The van der Waals surface area contributed by atoms with Crippen LogP contribution in [0, 0.1) is 5.41 Å². The van der Waals surface area contributed by atoms with Crippen molar-refractivity contribution in [3.63, 3.8) is 0 Å². The zero-order valence-electron chi connectivity index (χ0n) is 12.5. The SMILES string of the molecule is CC(C)(CC(N)=O)NCCCCC(C)(C)C(N)=NO. The van der Waals surface area contributed by atoms with Gasteiger partial charge in [-0.1, -0.05) is 25.4 Å². The fourth-order valence-corrected chi connectivity index (χ4v) is 1.88. The van der Waals surface area contributed by atoms with E-state index in [2.05, 4.69) is 10.5 Å². The summed E-state index contributed by atoms with van der Waals surface area (Å²) < 4.78 is 0. The summed E-state index contributed by atoms with van der Waals surface area (Å²) in [5.74, 6) is -0.0416. The minimum atomic E-state index is -0.300. The van der Waals surface area contributed by atoms with Crippen molar-refractivity contribution in [2.75, 3.05) is 6.54 Å². The number of amidine groups is 1. The zero-order chi connectivity index (χ0) is 15.1. The summed E-state index contributed by atoms with van der Waals surface area (Å²) in [7, 11) is 0. The Kier molecular flexibility index (Phi) is 6.83. The van der Waals surface area contributed by atoms with Crippen LogP contribution in [0.15, 0.2) is 5.16 Å². The quantitative estimate of drug-likeness (QED) is 0.166. The topological polar surface area (TPSA) is 114 Å². The second-order valence-corrected chi connectivity index (χ2v) is 6.28. The molecule has 0 aliphatic heterocycles. The predicted molar refractivity (Wildman–Crippen MR) is 76.9 cm³/mol. The van der Waals surface area contributed by atoms with E-state index in [4.69, 9.17) is 16.7 Å². The maximum absolute atomic E-state index is 10.9. The molecule has 6 nitrogen and oxygen atoms in total. The molecule has 0 heterocycles. The molecule has 0 bridgehead atoms. The van der Waals surface area contributed by atoms with Crippen molar-refractivity contribution in [1.29, 1.82) is 0 Å². The van der Waals surface area contributed by atoms with E-state index in [1.807, 2.05) is 27.7 Å². The molecule has 0 radical (unpaired) electrons. The smallest absolute Gasteiger partial charge is 0.219 e. The van der Waals surface area contributed by atoms with Gasteiger partial charge in [0.1, 0.15) is 5.84 Å². The Morgan fingerprint density at radius 1 is 1.21 bits per heavy atom. The van der Waals surface area contributed by atoms with Crippen LogP contribution in [0.3, 0.4) is 0 Å². The maximum Gasteiger partial charge on any atom is 0.219 e. The van der Waals surface area contributed by atoms with Crippen LogP contribution in [0.25, 0.3) is 0 Å². The van der Waals surface area contributed by atoms with E-state index in [9.17, 15) is 4.79 Å². The number of carbonyl (C=O) groups is 1. The fraction of sp³-hybridized carbons (Fsp3) is 0.846. The van der Waals surface area contributed by atoms with Gasteiger partial charge in [0, 0.05) is 17.4 Å². The third-order valence-electron chi connectivity index (χ3n) is 3.25. The minimum absolute atomic E-state index is 0.259. The Hall–Kier alpha value is -1.30. The van der Waals surface area contributed by atoms with Gasteiger partial charge in [0.05, 0.1) is 0 Å². The molecule has 0 saturated heterocycles. The molecule has 0 fully saturated rings. The number of nitrogens with zero attached hydrogens (tertiary/aromatic N) is 1. The van der Waals surface area contributed by atoms with Gasteiger partial charge in [0.2, 0.25) is 5.91 Å². The van der Waals surface area contributed by atoms with Gasteiger partial charge in [-0.2, -0.15) is 0 Å². The van der Waals surface area contributed by atoms with Gasteiger partial charge in [-0.3, -0.25) is 4.79 Å². The molecule has 0 rings (SSSR count). The molecule has 0 aromatic heterocycles. The third kappa shape index (κ3) is 7.66. The van der Waals surface area contributed by atoms with Crippen molar-refractivity contribution in [2.45, 2.75) is 58.9 Å². The zero-order valence-corrected chi connectivity index (χ0v) is 12.5. The molecular formula is C13H28N4O2. The summed E-state index contributed by atoms with van der Waals surface area (Å²) in [5, 5.41) is 15.0. The number of unbranched alkanes of at least 4 members (excludes halogenated alkanes) is 1. The number of hydrogen-bond donors (Lipinski definition) is 4. The lowest BCUT2D eigenvalue weighted by Gasteiger charge is -2.26. The van der Waals surface area contributed by atoms with Gasteiger partial charge in [0.25, 0.3) is 0 Å². The summed E-state index contributed by atoms with van der Waals surface area (Å²) in [4.78, 5) is 10.9. The Balaban J connectivity index is 3.91. The molecule has 0 unspecified atom stereocenters. The largest absolute Gasteiger partial charge is 0.409 e. The van der Waals surface area contributed by atoms with Crippen LogP contribution >= 0.6 is 0 Å². The van der Waals surface area contributed by atoms with Crippen LogP contribution in [0.4, 0.5) is 0 Å². The molecule has 0 saturated carbocycles. The Labute approximate surface area is 115 Å². The molecule has 0 spiro atoms. The summed E-state index contributed by atoms with van der Waals surface area (Å²) in [6.45, 7) is 8.63. The van der Waals surface area contributed by atoms with Crippen LogP contribution in [0.5, 0.6) is 0 Å². The highest BCUT2D eigenvalue weighted by molar-refractivity contribution is 5.85. The molecular weight excluding hydrogens is 244 g/mol. The average Bonchev–Trinajstić information content (AvgIpc) is 2.25. The normalized spacial score (nSPS) is 13.6. The number of nitrogens with two attached hydrogens (primary N) is 2. The second kappa shape index (κ2) is 7.33. The van der Waals surface area contributed by atoms with Crippen molar-refractivity contribution in [3.05, 3.63) is 0 Å². The monoisotopic (exact) mass is 272 g/mol. The van der Waals surface area contributed by atoms with E-state index in [-0.39, 0.29) is 22.7 Å². The number of amides is 1. The fourth-order valence-electron chi connectivity index (χ4n) is 1.88. The number of oxime groups is 1. The van der Waals surface area contributed by atoms with Gasteiger partial charge in [-0.05, 0) is 33.2 Å². The summed E-state index contributed by atoms with van der Waals surface area (Å²) >= 11 is 0. The van der Waals surface area contributed by atoms with Gasteiger partial charge in [-0.15, -0.1) is 0 Å². The van der Waals surface area contributed by atoms with E-state index >= 15 is 0 Å². The van der Waals surface area contributed by atoms with E-state index in [0.29, 0.717) is 6.42 Å². The molecule has 112 valence electrons. The highest BCUT2D eigenvalue weighted by Gasteiger charge is 2.23. The molecule has 0 aromatic carbocycles. The van der Waals surface area contributed by atoms with Crippen molar-refractivity contribution in [1.82, 2.24) is 5.32 Å². The molecule has 19 heavy (non-hydrogen) atoms. The van der Waals surface area contributed by atoms with Gasteiger partial charge in [0.15, 0.2) is 0 Å². The first-order valence-electron chi connectivity index (χ1n) is 6.62. The minimum Gasteiger partial charge on any atom is -0.409 e. The van der Waals surface area contributed by atoms with E-state index in [1.54, 1.807) is 0 Å². The number of primary amides is 1. The number of nitrogens with one attached hydrogen (secondary N) is 1. The second-order valence-electron chi connectivity index (χ2n) is 6.28. The van der Waals surface area contributed by atoms with Crippen LogP contribution < -0.4 is 16.8 Å². The molecule has 0 atom stereocenters. The lowest BCUT2D eigenvalue weighted by Crippen LogP contribution is -2.43. The summed E-state index contributed by atoms with van der Waals surface area (Å²) in [6.07, 6.45) is 3.09. The Bertz CT molecular complexity index is 325. The number of rotatable bonds is 9. The first-order valence-corrected chi connectivity index (χ1v) is 6.62. The standard InChI is InChI=1S/C13H28N4O2/c1-12(2,11(15)17-19)7-5-6-8-16-13(3,4)9-10(14)18/h16,19H,5-9H2,1-4H3,(H2,14,18)(H2,15,17).